The smallest absolute Gasteiger partial charge is 0.0403 e. The van der Waals surface area contributed by atoms with E-state index in [1.165, 1.54) is 25.0 Å². The monoisotopic (exact) mass is 177 g/mol. The second kappa shape index (κ2) is 5.74. The largest absolute Gasteiger partial charge is 0.261 e. The van der Waals surface area contributed by atoms with Crippen molar-refractivity contribution in [1.82, 2.24) is 4.98 Å². The molecule has 0 aliphatic heterocycles. The van der Waals surface area contributed by atoms with Crippen LogP contribution >= 0.6 is 0 Å². The molecule has 1 unspecified atom stereocenters. The number of hydrogen-bond donors (Lipinski definition) is 0. The van der Waals surface area contributed by atoms with Gasteiger partial charge in [0.15, 0.2) is 0 Å². The third-order valence-corrected chi connectivity index (χ3v) is 2.55. The molecule has 1 atom stereocenters. The van der Waals surface area contributed by atoms with E-state index in [4.69, 9.17) is 0 Å². The fourth-order valence-electron chi connectivity index (χ4n) is 1.38. The molecule has 0 saturated heterocycles. The molecule has 0 bridgehead atoms. The van der Waals surface area contributed by atoms with Crippen molar-refractivity contribution < 1.29 is 0 Å². The predicted molar refractivity (Wildman–Crippen MR) is 56.6 cm³/mol. The number of nitrogens with zero attached hydrogens (tertiary/aromatic N) is 1. The standard InChI is InChI=1S/C12H19N/c1-3-11(2)7-6-9-12-8-4-5-10-13-12/h4-5,8,10-11H,3,6-7,9H2,1-2H3. The highest BCUT2D eigenvalue weighted by Crippen LogP contribution is 2.11. The van der Waals surface area contributed by atoms with Crippen LogP contribution in [0.3, 0.4) is 0 Å². The number of rotatable bonds is 5. The Balaban J connectivity index is 2.20. The van der Waals surface area contributed by atoms with E-state index in [9.17, 15) is 0 Å². The van der Waals surface area contributed by atoms with Crippen LogP contribution in [-0.2, 0) is 6.42 Å². The molecule has 0 fully saturated rings. The van der Waals surface area contributed by atoms with Crippen molar-refractivity contribution in [1.29, 1.82) is 0 Å². The molecule has 13 heavy (non-hydrogen) atoms. The Morgan fingerprint density at radius 3 is 2.85 bits per heavy atom. The molecule has 0 aliphatic rings. The minimum absolute atomic E-state index is 0.865. The van der Waals surface area contributed by atoms with Gasteiger partial charge < -0.3 is 0 Å². The molecular weight excluding hydrogens is 158 g/mol. The van der Waals surface area contributed by atoms with Gasteiger partial charge in [-0.2, -0.15) is 0 Å². The molecule has 1 nitrogen and oxygen atoms in total. The maximum Gasteiger partial charge on any atom is 0.0403 e. The first-order valence-corrected chi connectivity index (χ1v) is 5.22. The quantitative estimate of drug-likeness (QED) is 0.671. The van der Waals surface area contributed by atoms with Crippen molar-refractivity contribution >= 4 is 0 Å². The molecular formula is C12H19N. The molecule has 1 heterocycles. The molecule has 0 saturated carbocycles. The summed E-state index contributed by atoms with van der Waals surface area (Å²) in [5.41, 5.74) is 1.23. The maximum atomic E-state index is 4.30. The fraction of sp³-hybridized carbons (Fsp3) is 0.583. The van der Waals surface area contributed by atoms with Gasteiger partial charge in [-0.1, -0.05) is 32.8 Å². The zero-order valence-corrected chi connectivity index (χ0v) is 8.66. The van der Waals surface area contributed by atoms with Gasteiger partial charge in [-0.3, -0.25) is 4.98 Å². The zero-order chi connectivity index (χ0) is 9.52. The van der Waals surface area contributed by atoms with E-state index >= 15 is 0 Å². The van der Waals surface area contributed by atoms with Gasteiger partial charge in [-0.05, 0) is 30.9 Å². The third kappa shape index (κ3) is 4.07. The van der Waals surface area contributed by atoms with Crippen molar-refractivity contribution in [3.05, 3.63) is 30.1 Å². The number of pyridine rings is 1. The summed E-state index contributed by atoms with van der Waals surface area (Å²) in [5, 5.41) is 0. The molecule has 0 spiro atoms. The van der Waals surface area contributed by atoms with E-state index in [0.29, 0.717) is 0 Å². The topological polar surface area (TPSA) is 12.9 Å². The molecule has 1 aromatic rings. The van der Waals surface area contributed by atoms with Crippen molar-refractivity contribution in [2.45, 2.75) is 39.5 Å². The predicted octanol–water partition coefficient (Wildman–Crippen LogP) is 3.45. The van der Waals surface area contributed by atoms with E-state index in [2.05, 4.69) is 31.0 Å². The van der Waals surface area contributed by atoms with Crippen LogP contribution in [0.25, 0.3) is 0 Å². The van der Waals surface area contributed by atoms with E-state index in [1.807, 2.05) is 12.3 Å². The van der Waals surface area contributed by atoms with Gasteiger partial charge in [-0.25, -0.2) is 0 Å². The Hall–Kier alpha value is -0.850. The van der Waals surface area contributed by atoms with Crippen LogP contribution in [-0.4, -0.2) is 4.98 Å². The van der Waals surface area contributed by atoms with E-state index in [-0.39, 0.29) is 0 Å². The minimum Gasteiger partial charge on any atom is -0.261 e. The summed E-state index contributed by atoms with van der Waals surface area (Å²) in [6, 6.07) is 6.14. The Morgan fingerprint density at radius 2 is 2.23 bits per heavy atom. The number of aromatic nitrogens is 1. The Labute approximate surface area is 81.2 Å². The molecule has 0 N–H and O–H groups in total. The first-order valence-electron chi connectivity index (χ1n) is 5.22. The lowest BCUT2D eigenvalue weighted by atomic mass is 10.0. The zero-order valence-electron chi connectivity index (χ0n) is 8.66. The van der Waals surface area contributed by atoms with Crippen LogP contribution in [0.5, 0.6) is 0 Å². The molecule has 0 aromatic carbocycles. The first-order chi connectivity index (χ1) is 6.33. The lowest BCUT2D eigenvalue weighted by molar-refractivity contribution is 0.494. The summed E-state index contributed by atoms with van der Waals surface area (Å²) < 4.78 is 0. The summed E-state index contributed by atoms with van der Waals surface area (Å²) >= 11 is 0. The van der Waals surface area contributed by atoms with Crippen molar-refractivity contribution in [2.75, 3.05) is 0 Å². The van der Waals surface area contributed by atoms with Gasteiger partial charge in [0.05, 0.1) is 0 Å². The Bertz CT molecular complexity index is 218. The average molecular weight is 177 g/mol. The molecule has 1 aromatic heterocycles. The summed E-state index contributed by atoms with van der Waals surface area (Å²) in [5.74, 6) is 0.865. The highest BCUT2D eigenvalue weighted by molar-refractivity contribution is 5.03. The van der Waals surface area contributed by atoms with Crippen molar-refractivity contribution in [3.63, 3.8) is 0 Å². The van der Waals surface area contributed by atoms with Gasteiger partial charge in [0.1, 0.15) is 0 Å². The van der Waals surface area contributed by atoms with Crippen LogP contribution in [0.1, 0.15) is 38.8 Å². The highest BCUT2D eigenvalue weighted by Gasteiger charge is 1.99. The Kier molecular flexibility index (Phi) is 4.52. The molecule has 0 aliphatic carbocycles. The van der Waals surface area contributed by atoms with E-state index < -0.39 is 0 Å². The van der Waals surface area contributed by atoms with Crippen LogP contribution in [0.15, 0.2) is 24.4 Å². The summed E-state index contributed by atoms with van der Waals surface area (Å²) in [7, 11) is 0. The lowest BCUT2D eigenvalue weighted by Gasteiger charge is -2.06. The molecule has 1 heteroatoms. The van der Waals surface area contributed by atoms with Crippen LogP contribution in [0.2, 0.25) is 0 Å². The summed E-state index contributed by atoms with van der Waals surface area (Å²) in [6.45, 7) is 4.57. The highest BCUT2D eigenvalue weighted by atomic mass is 14.7. The SMILES string of the molecule is CCC(C)CCCc1ccccn1. The fourth-order valence-corrected chi connectivity index (χ4v) is 1.38. The van der Waals surface area contributed by atoms with E-state index in [1.54, 1.807) is 0 Å². The number of hydrogen-bond acceptors (Lipinski definition) is 1. The van der Waals surface area contributed by atoms with Gasteiger partial charge in [0.25, 0.3) is 0 Å². The Morgan fingerprint density at radius 1 is 1.38 bits per heavy atom. The average Bonchev–Trinajstić information content (AvgIpc) is 2.19. The van der Waals surface area contributed by atoms with Crippen LogP contribution < -0.4 is 0 Å². The molecule has 0 radical (unpaired) electrons. The summed E-state index contributed by atoms with van der Waals surface area (Å²) in [6.07, 6.45) is 6.89. The first kappa shape index (κ1) is 10.2. The lowest BCUT2D eigenvalue weighted by Crippen LogP contribution is -1.95. The van der Waals surface area contributed by atoms with Crippen LogP contribution in [0.4, 0.5) is 0 Å². The molecule has 0 amide bonds. The van der Waals surface area contributed by atoms with E-state index in [0.717, 1.165) is 12.3 Å². The maximum absolute atomic E-state index is 4.30. The third-order valence-electron chi connectivity index (χ3n) is 2.55. The van der Waals surface area contributed by atoms with Crippen molar-refractivity contribution in [3.8, 4) is 0 Å². The van der Waals surface area contributed by atoms with Gasteiger partial charge in [0.2, 0.25) is 0 Å². The minimum atomic E-state index is 0.865. The number of aryl methyl sites for hydroxylation is 1. The normalized spacial score (nSPS) is 12.8. The second-order valence-corrected chi connectivity index (χ2v) is 3.73. The second-order valence-electron chi connectivity index (χ2n) is 3.73. The van der Waals surface area contributed by atoms with Gasteiger partial charge in [-0.15, -0.1) is 0 Å². The summed E-state index contributed by atoms with van der Waals surface area (Å²) in [4.78, 5) is 4.30. The van der Waals surface area contributed by atoms with Gasteiger partial charge in [0, 0.05) is 11.9 Å². The van der Waals surface area contributed by atoms with Crippen molar-refractivity contribution in [2.24, 2.45) is 5.92 Å². The molecule has 1 rings (SSSR count). The van der Waals surface area contributed by atoms with Gasteiger partial charge >= 0.3 is 0 Å². The van der Waals surface area contributed by atoms with Crippen LogP contribution in [0, 0.1) is 5.92 Å². The molecule has 72 valence electrons.